The predicted molar refractivity (Wildman–Crippen MR) is 159 cm³/mol. The normalized spacial score (nSPS) is 16.4. The fourth-order valence-electron chi connectivity index (χ4n) is 5.65. The van der Waals surface area contributed by atoms with Crippen molar-refractivity contribution in [2.75, 3.05) is 25.5 Å². The van der Waals surface area contributed by atoms with E-state index in [0.29, 0.717) is 13.1 Å². The maximum absolute atomic E-state index is 13.5. The van der Waals surface area contributed by atoms with Gasteiger partial charge >= 0.3 is 6.03 Å². The number of rotatable bonds is 8. The van der Waals surface area contributed by atoms with Gasteiger partial charge in [0.1, 0.15) is 0 Å². The summed E-state index contributed by atoms with van der Waals surface area (Å²) in [5.41, 5.74) is 5.71. The fourth-order valence-corrected chi connectivity index (χ4v) is 5.65. The van der Waals surface area contributed by atoms with Gasteiger partial charge in [-0.1, -0.05) is 103 Å². The summed E-state index contributed by atoms with van der Waals surface area (Å²) in [5, 5.41) is 3.11. The van der Waals surface area contributed by atoms with Gasteiger partial charge in [0.15, 0.2) is 0 Å². The molecule has 5 rings (SSSR count). The highest BCUT2D eigenvalue weighted by atomic mass is 35.5. The van der Waals surface area contributed by atoms with Gasteiger partial charge in [-0.15, -0.1) is 12.4 Å². The number of nitrogens with one attached hydrogen (secondary N) is 1. The second kappa shape index (κ2) is 12.8. The quantitative estimate of drug-likeness (QED) is 0.261. The van der Waals surface area contributed by atoms with E-state index in [1.54, 1.807) is 0 Å². The molecule has 1 aliphatic rings. The molecule has 0 fully saturated rings. The first-order chi connectivity index (χ1) is 18.1. The number of carbonyl (C=O) groups is 1. The molecule has 1 unspecified atom stereocenters. The molecule has 1 N–H and O–H groups in total. The van der Waals surface area contributed by atoms with E-state index in [-0.39, 0.29) is 23.9 Å². The van der Waals surface area contributed by atoms with Gasteiger partial charge in [-0.2, -0.15) is 0 Å². The number of halogens is 1. The number of hydrogen-bond donors (Lipinski definition) is 1. The number of fused-ring (bicyclic) bond motifs is 1. The maximum Gasteiger partial charge on any atom is 0.322 e. The zero-order chi connectivity index (χ0) is 25.5. The predicted octanol–water partition coefficient (Wildman–Crippen LogP) is 7.35. The Balaban J connectivity index is 0.00000336. The highest BCUT2D eigenvalue weighted by Gasteiger charge is 2.42. The average molecular weight is 526 g/mol. The lowest BCUT2D eigenvalue weighted by atomic mass is 9.67. The third-order valence-electron chi connectivity index (χ3n) is 7.43. The fraction of sp³-hybridized carbons (Fsp3) is 0.242. The smallest absolute Gasteiger partial charge is 0.319 e. The Labute approximate surface area is 232 Å². The molecule has 4 nitrogen and oxygen atoms in total. The van der Waals surface area contributed by atoms with E-state index >= 15 is 0 Å². The van der Waals surface area contributed by atoms with Crippen molar-refractivity contribution >= 4 is 24.1 Å². The van der Waals surface area contributed by atoms with E-state index in [4.69, 9.17) is 0 Å². The van der Waals surface area contributed by atoms with E-state index in [1.165, 1.54) is 22.3 Å². The van der Waals surface area contributed by atoms with E-state index in [0.717, 1.165) is 31.6 Å². The van der Waals surface area contributed by atoms with Crippen LogP contribution in [0.25, 0.3) is 0 Å². The number of carbonyl (C=O) groups excluding carboxylic acids is 1. The molecule has 0 saturated carbocycles. The minimum atomic E-state index is -0.266. The largest absolute Gasteiger partial charge is 0.322 e. The van der Waals surface area contributed by atoms with Crippen molar-refractivity contribution in [2.45, 2.75) is 31.3 Å². The lowest BCUT2D eigenvalue weighted by molar-refractivity contribution is 0.181. The molecule has 1 heterocycles. The Kier molecular flexibility index (Phi) is 9.22. The molecule has 4 aromatic rings. The SMILES string of the molecule is CN(CCCC1(c2ccccc2)CN(C(=O)Nc2ccccc2)Cc2ccccc21)Cc1ccccc1.Cl. The second-order valence-corrected chi connectivity index (χ2v) is 10.1. The van der Waals surface area contributed by atoms with E-state index in [2.05, 4.69) is 102 Å². The molecule has 0 saturated heterocycles. The number of amides is 2. The van der Waals surface area contributed by atoms with Crippen molar-refractivity contribution < 1.29 is 4.79 Å². The molecule has 5 heteroatoms. The van der Waals surface area contributed by atoms with Crippen molar-refractivity contribution in [2.24, 2.45) is 0 Å². The molecule has 1 atom stereocenters. The van der Waals surface area contributed by atoms with Crippen molar-refractivity contribution in [1.82, 2.24) is 9.80 Å². The summed E-state index contributed by atoms with van der Waals surface area (Å²) in [4.78, 5) is 17.9. The van der Waals surface area contributed by atoms with Crippen LogP contribution in [-0.2, 0) is 18.5 Å². The lowest BCUT2D eigenvalue weighted by Gasteiger charge is -2.45. The van der Waals surface area contributed by atoms with Crippen LogP contribution in [0.2, 0.25) is 0 Å². The van der Waals surface area contributed by atoms with Crippen LogP contribution in [0.15, 0.2) is 115 Å². The standard InChI is InChI=1S/C33H35N3O.ClH/c1-35(24-27-14-5-2-6-15-27)23-13-22-33(29-17-7-3-8-18-29)26-36(25-28-16-11-12-21-31(28)33)32(37)34-30-19-9-4-10-20-30;/h2-12,14-21H,13,22-26H2,1H3,(H,34,37);1H. The number of urea groups is 1. The van der Waals surface area contributed by atoms with Crippen LogP contribution in [0.4, 0.5) is 10.5 Å². The van der Waals surface area contributed by atoms with Crippen molar-refractivity contribution in [1.29, 1.82) is 0 Å². The molecule has 0 aromatic heterocycles. The number of para-hydroxylation sites is 1. The summed E-state index contributed by atoms with van der Waals surface area (Å²) in [6.45, 7) is 3.18. The zero-order valence-corrected chi connectivity index (χ0v) is 22.7. The minimum absolute atomic E-state index is 0. The molecular formula is C33H36ClN3O. The van der Waals surface area contributed by atoms with Crippen LogP contribution in [0.3, 0.4) is 0 Å². The van der Waals surface area contributed by atoms with Crippen LogP contribution >= 0.6 is 12.4 Å². The molecule has 2 amide bonds. The minimum Gasteiger partial charge on any atom is -0.319 e. The molecule has 0 aliphatic carbocycles. The van der Waals surface area contributed by atoms with Crippen LogP contribution in [0.1, 0.15) is 35.1 Å². The first kappa shape index (κ1) is 27.4. The van der Waals surface area contributed by atoms with Gasteiger partial charge in [0, 0.05) is 30.7 Å². The highest BCUT2D eigenvalue weighted by Crippen LogP contribution is 2.43. The molecule has 0 bridgehead atoms. The van der Waals surface area contributed by atoms with Gasteiger partial charge in [-0.3, -0.25) is 0 Å². The molecule has 4 aromatic carbocycles. The van der Waals surface area contributed by atoms with Gasteiger partial charge in [-0.25, -0.2) is 4.79 Å². The van der Waals surface area contributed by atoms with Gasteiger partial charge < -0.3 is 15.1 Å². The first-order valence-electron chi connectivity index (χ1n) is 13.1. The van der Waals surface area contributed by atoms with Crippen LogP contribution in [0, 0.1) is 0 Å². The highest BCUT2D eigenvalue weighted by molar-refractivity contribution is 5.89. The van der Waals surface area contributed by atoms with Crippen LogP contribution in [-0.4, -0.2) is 36.0 Å². The Morgan fingerprint density at radius 3 is 2.16 bits per heavy atom. The van der Waals surface area contributed by atoms with Gasteiger partial charge in [0.25, 0.3) is 0 Å². The summed E-state index contributed by atoms with van der Waals surface area (Å²) in [7, 11) is 2.19. The monoisotopic (exact) mass is 525 g/mol. The maximum atomic E-state index is 13.5. The molecule has 1 aliphatic heterocycles. The summed E-state index contributed by atoms with van der Waals surface area (Å²) >= 11 is 0. The van der Waals surface area contributed by atoms with Gasteiger partial charge in [0.2, 0.25) is 0 Å². The molecule has 0 radical (unpaired) electrons. The molecular weight excluding hydrogens is 490 g/mol. The Morgan fingerprint density at radius 2 is 1.45 bits per heavy atom. The van der Waals surface area contributed by atoms with Crippen molar-refractivity contribution in [3.63, 3.8) is 0 Å². The van der Waals surface area contributed by atoms with E-state index in [9.17, 15) is 4.79 Å². The topological polar surface area (TPSA) is 35.6 Å². The van der Waals surface area contributed by atoms with Crippen LogP contribution < -0.4 is 5.32 Å². The van der Waals surface area contributed by atoms with E-state index in [1.807, 2.05) is 35.2 Å². The third-order valence-corrected chi connectivity index (χ3v) is 7.43. The van der Waals surface area contributed by atoms with Crippen molar-refractivity contribution in [3.05, 3.63) is 138 Å². The number of benzene rings is 4. The number of anilines is 1. The first-order valence-corrected chi connectivity index (χ1v) is 13.1. The number of hydrogen-bond acceptors (Lipinski definition) is 2. The summed E-state index contributed by atoms with van der Waals surface area (Å²) in [5.74, 6) is 0. The van der Waals surface area contributed by atoms with Crippen LogP contribution in [0.5, 0.6) is 0 Å². The molecule has 0 spiro atoms. The summed E-state index contributed by atoms with van der Waals surface area (Å²) in [6.07, 6.45) is 1.99. The Bertz CT molecular complexity index is 1300. The zero-order valence-electron chi connectivity index (χ0n) is 21.9. The molecule has 38 heavy (non-hydrogen) atoms. The lowest BCUT2D eigenvalue weighted by Crippen LogP contribution is -2.50. The summed E-state index contributed by atoms with van der Waals surface area (Å²) < 4.78 is 0. The summed E-state index contributed by atoms with van der Waals surface area (Å²) in [6, 6.07) is 39.7. The van der Waals surface area contributed by atoms with Crippen molar-refractivity contribution in [3.8, 4) is 0 Å². The third kappa shape index (κ3) is 6.27. The van der Waals surface area contributed by atoms with E-state index < -0.39 is 0 Å². The Morgan fingerprint density at radius 1 is 0.842 bits per heavy atom. The molecule has 196 valence electrons. The second-order valence-electron chi connectivity index (χ2n) is 10.1. The number of nitrogens with zero attached hydrogens (tertiary/aromatic N) is 2. The van der Waals surface area contributed by atoms with Gasteiger partial charge in [0.05, 0.1) is 0 Å². The average Bonchev–Trinajstić information content (AvgIpc) is 2.94. The Hall–Kier alpha value is -3.60. The van der Waals surface area contributed by atoms with Gasteiger partial charge in [-0.05, 0) is 60.8 Å².